The lowest BCUT2D eigenvalue weighted by Crippen LogP contribution is -2.35. The molecule has 2 amide bonds. The second-order valence-corrected chi connectivity index (χ2v) is 6.79. The van der Waals surface area contributed by atoms with E-state index in [1.807, 2.05) is 61.5 Å². The number of hydrogen-bond acceptors (Lipinski definition) is 4. The molecule has 0 aliphatic carbocycles. The zero-order valence-corrected chi connectivity index (χ0v) is 14.1. The average molecular weight is 339 g/mol. The number of Topliss-reactive ketones (excluding diaryl/α,β-unsaturated/α-hetero) is 1. The first-order chi connectivity index (χ1) is 11.6. The molecular weight excluding hydrogens is 322 g/mol. The Labute approximate surface area is 144 Å². The summed E-state index contributed by atoms with van der Waals surface area (Å²) in [5.41, 5.74) is 1.93. The Morgan fingerprint density at radius 3 is 2.42 bits per heavy atom. The van der Waals surface area contributed by atoms with Gasteiger partial charge < -0.3 is 0 Å². The van der Waals surface area contributed by atoms with Crippen molar-refractivity contribution in [3.05, 3.63) is 65.7 Å². The summed E-state index contributed by atoms with van der Waals surface area (Å²) in [5.74, 6) is -1.93. The van der Waals surface area contributed by atoms with Gasteiger partial charge in [0, 0.05) is 11.4 Å². The Bertz CT molecular complexity index is 771. The molecule has 2 aromatic carbocycles. The largest absolute Gasteiger partial charge is 0.297 e. The first-order valence-electron chi connectivity index (χ1n) is 7.69. The minimum absolute atomic E-state index is 0.134. The van der Waals surface area contributed by atoms with Gasteiger partial charge in [0.05, 0.1) is 11.7 Å². The molecule has 1 aliphatic rings. The van der Waals surface area contributed by atoms with E-state index in [0.29, 0.717) is 0 Å². The van der Waals surface area contributed by atoms with Crippen LogP contribution in [0.5, 0.6) is 0 Å². The van der Waals surface area contributed by atoms with Gasteiger partial charge in [0.2, 0.25) is 11.7 Å². The highest BCUT2D eigenvalue weighted by atomic mass is 32.2. The monoisotopic (exact) mass is 339 g/mol. The predicted octanol–water partition coefficient (Wildman–Crippen LogP) is 2.81. The van der Waals surface area contributed by atoms with E-state index in [9.17, 15) is 14.4 Å². The van der Waals surface area contributed by atoms with Gasteiger partial charge in [-0.3, -0.25) is 19.3 Å². The Morgan fingerprint density at radius 2 is 1.75 bits per heavy atom. The fraction of sp³-hybridized carbons (Fsp3) is 0.211. The Kier molecular flexibility index (Phi) is 4.81. The molecule has 1 heterocycles. The van der Waals surface area contributed by atoms with Gasteiger partial charge in [-0.05, 0) is 24.6 Å². The summed E-state index contributed by atoms with van der Waals surface area (Å²) in [6.45, 7) is 2.13. The van der Waals surface area contributed by atoms with Gasteiger partial charge in [-0.25, -0.2) is 0 Å². The van der Waals surface area contributed by atoms with Crippen LogP contribution in [0, 0.1) is 6.92 Å². The molecule has 24 heavy (non-hydrogen) atoms. The molecule has 0 radical (unpaired) electrons. The quantitative estimate of drug-likeness (QED) is 0.635. The van der Waals surface area contributed by atoms with E-state index in [4.69, 9.17) is 0 Å². The van der Waals surface area contributed by atoms with E-state index >= 15 is 0 Å². The molecule has 0 bridgehead atoms. The number of amides is 2. The van der Waals surface area contributed by atoms with Crippen molar-refractivity contribution in [2.75, 3.05) is 12.3 Å². The van der Waals surface area contributed by atoms with Crippen molar-refractivity contribution in [3.63, 3.8) is 0 Å². The van der Waals surface area contributed by atoms with Gasteiger partial charge in [0.25, 0.3) is 5.91 Å². The predicted molar refractivity (Wildman–Crippen MR) is 92.8 cm³/mol. The van der Waals surface area contributed by atoms with Gasteiger partial charge >= 0.3 is 0 Å². The Balaban J connectivity index is 1.66. The van der Waals surface area contributed by atoms with Crippen molar-refractivity contribution in [3.8, 4) is 0 Å². The summed E-state index contributed by atoms with van der Waals surface area (Å²) in [7, 11) is 0. The van der Waals surface area contributed by atoms with Crippen LogP contribution in [0.2, 0.25) is 0 Å². The van der Waals surface area contributed by atoms with Crippen LogP contribution in [-0.2, 0) is 14.4 Å². The number of nitrogens with zero attached hydrogens (tertiary/aromatic N) is 1. The molecule has 0 unspecified atom stereocenters. The Morgan fingerprint density at radius 1 is 1.08 bits per heavy atom. The standard InChI is InChI=1S/C19H17NO3S/c1-13-7-9-15(10-8-13)24-12-17(21)20-11-16(18(22)19(20)23)14-5-3-2-4-6-14/h2-10,16H,11-12H2,1H3/t16-/m1/s1. The van der Waals surface area contributed by atoms with E-state index < -0.39 is 17.6 Å². The molecule has 1 atom stereocenters. The van der Waals surface area contributed by atoms with Crippen LogP contribution in [0.4, 0.5) is 0 Å². The van der Waals surface area contributed by atoms with Crippen molar-refractivity contribution in [1.29, 1.82) is 0 Å². The van der Waals surface area contributed by atoms with Crippen LogP contribution in [0.1, 0.15) is 17.0 Å². The van der Waals surface area contributed by atoms with Crippen LogP contribution in [0.3, 0.4) is 0 Å². The molecule has 4 nitrogen and oxygen atoms in total. The molecule has 1 saturated heterocycles. The minimum atomic E-state index is -0.696. The SMILES string of the molecule is Cc1ccc(SCC(=O)N2C[C@H](c3ccccc3)C(=O)C2=O)cc1. The van der Waals surface area contributed by atoms with E-state index in [-0.39, 0.29) is 18.2 Å². The van der Waals surface area contributed by atoms with Gasteiger partial charge in [0.15, 0.2) is 0 Å². The highest BCUT2D eigenvalue weighted by Gasteiger charge is 2.42. The third kappa shape index (κ3) is 3.41. The number of thioether (sulfide) groups is 1. The highest BCUT2D eigenvalue weighted by Crippen LogP contribution is 2.26. The minimum Gasteiger partial charge on any atom is -0.288 e. The molecular formula is C19H17NO3S. The normalized spacial score (nSPS) is 17.4. The number of carbonyl (C=O) groups is 3. The molecule has 1 fully saturated rings. The number of rotatable bonds is 4. The van der Waals surface area contributed by atoms with Crippen molar-refractivity contribution in [1.82, 2.24) is 4.90 Å². The number of carbonyl (C=O) groups excluding carboxylic acids is 3. The van der Waals surface area contributed by atoms with E-state index in [1.54, 1.807) is 0 Å². The molecule has 122 valence electrons. The maximum Gasteiger partial charge on any atom is 0.297 e. The summed E-state index contributed by atoms with van der Waals surface area (Å²) >= 11 is 1.37. The van der Waals surface area contributed by atoms with Gasteiger partial charge in [-0.15, -0.1) is 11.8 Å². The molecule has 3 rings (SSSR count). The Hall–Kier alpha value is -2.40. The summed E-state index contributed by atoms with van der Waals surface area (Å²) in [6, 6.07) is 17.0. The van der Waals surface area contributed by atoms with Crippen molar-refractivity contribution in [2.45, 2.75) is 17.7 Å². The lowest BCUT2D eigenvalue weighted by molar-refractivity contribution is -0.146. The topological polar surface area (TPSA) is 54.5 Å². The fourth-order valence-electron chi connectivity index (χ4n) is 2.65. The molecule has 5 heteroatoms. The number of imide groups is 1. The lowest BCUT2D eigenvalue weighted by atomic mass is 9.97. The molecule has 2 aromatic rings. The van der Waals surface area contributed by atoms with E-state index in [2.05, 4.69) is 0 Å². The van der Waals surface area contributed by atoms with Gasteiger partial charge in [-0.1, -0.05) is 48.0 Å². The highest BCUT2D eigenvalue weighted by molar-refractivity contribution is 8.00. The van der Waals surface area contributed by atoms with Crippen LogP contribution < -0.4 is 0 Å². The first kappa shape index (κ1) is 16.5. The number of aryl methyl sites for hydroxylation is 1. The van der Waals surface area contributed by atoms with Crippen molar-refractivity contribution in [2.24, 2.45) is 0 Å². The van der Waals surface area contributed by atoms with Crippen LogP contribution in [0.25, 0.3) is 0 Å². The van der Waals surface area contributed by atoms with Gasteiger partial charge in [-0.2, -0.15) is 0 Å². The van der Waals surface area contributed by atoms with Crippen LogP contribution in [-0.4, -0.2) is 34.8 Å². The summed E-state index contributed by atoms with van der Waals surface area (Å²) in [6.07, 6.45) is 0. The van der Waals surface area contributed by atoms with Crippen molar-refractivity contribution >= 4 is 29.4 Å². The lowest BCUT2D eigenvalue weighted by Gasteiger charge is -2.13. The number of likely N-dealkylation sites (tertiary alicyclic amines) is 1. The van der Waals surface area contributed by atoms with Gasteiger partial charge in [0.1, 0.15) is 0 Å². The number of benzene rings is 2. The average Bonchev–Trinajstić information content (AvgIpc) is 2.90. The number of ketones is 1. The molecule has 0 aromatic heterocycles. The third-order valence-corrected chi connectivity index (χ3v) is 5.02. The maximum absolute atomic E-state index is 12.4. The zero-order valence-electron chi connectivity index (χ0n) is 13.3. The maximum atomic E-state index is 12.4. The van der Waals surface area contributed by atoms with Crippen LogP contribution >= 0.6 is 11.8 Å². The molecule has 1 aliphatic heterocycles. The molecule has 0 spiro atoms. The summed E-state index contributed by atoms with van der Waals surface area (Å²) in [4.78, 5) is 38.7. The van der Waals surface area contributed by atoms with Crippen LogP contribution in [0.15, 0.2) is 59.5 Å². The summed E-state index contributed by atoms with van der Waals surface area (Å²) in [5, 5.41) is 0. The fourth-order valence-corrected chi connectivity index (χ4v) is 3.42. The molecule has 0 N–H and O–H groups in total. The number of hydrogen-bond donors (Lipinski definition) is 0. The van der Waals surface area contributed by atoms with E-state index in [0.717, 1.165) is 20.9 Å². The van der Waals surface area contributed by atoms with Crippen molar-refractivity contribution < 1.29 is 14.4 Å². The molecule has 0 saturated carbocycles. The smallest absolute Gasteiger partial charge is 0.288 e. The summed E-state index contributed by atoms with van der Waals surface area (Å²) < 4.78 is 0. The first-order valence-corrected chi connectivity index (χ1v) is 8.68. The zero-order chi connectivity index (χ0) is 17.1. The second kappa shape index (κ2) is 7.01. The van der Waals surface area contributed by atoms with E-state index in [1.165, 1.54) is 11.8 Å². The second-order valence-electron chi connectivity index (χ2n) is 5.74. The third-order valence-electron chi connectivity index (χ3n) is 4.02.